The second-order valence-electron chi connectivity index (χ2n) is 5.69. The van der Waals surface area contributed by atoms with E-state index in [4.69, 9.17) is 0 Å². The van der Waals surface area contributed by atoms with Gasteiger partial charge >= 0.3 is 6.18 Å². The molecule has 0 bridgehead atoms. The van der Waals surface area contributed by atoms with Crippen LogP contribution in [0.5, 0.6) is 0 Å². The second kappa shape index (κ2) is 7.38. The first kappa shape index (κ1) is 18.5. The summed E-state index contributed by atoms with van der Waals surface area (Å²) >= 11 is 0. The van der Waals surface area contributed by atoms with Crippen molar-refractivity contribution < 1.29 is 22.8 Å². The number of amides is 2. The van der Waals surface area contributed by atoms with E-state index in [1.165, 1.54) is 4.90 Å². The maximum Gasteiger partial charge on any atom is 0.416 e. The molecule has 0 aliphatic heterocycles. The Hall–Kier alpha value is -2.83. The summed E-state index contributed by atoms with van der Waals surface area (Å²) in [5.74, 6) is -0.549. The first-order chi connectivity index (χ1) is 11.7. The predicted molar refractivity (Wildman–Crippen MR) is 88.2 cm³/mol. The van der Waals surface area contributed by atoms with Crippen LogP contribution in [0.3, 0.4) is 0 Å². The van der Waals surface area contributed by atoms with Crippen LogP contribution >= 0.6 is 0 Å². The Labute approximate surface area is 143 Å². The number of halogens is 3. The highest BCUT2D eigenvalue weighted by Crippen LogP contribution is 2.29. The molecule has 0 fully saturated rings. The normalized spacial score (nSPS) is 11.1. The van der Waals surface area contributed by atoms with Crippen molar-refractivity contribution >= 4 is 17.5 Å². The van der Waals surface area contributed by atoms with Crippen molar-refractivity contribution in [2.24, 2.45) is 0 Å². The Morgan fingerprint density at radius 1 is 0.960 bits per heavy atom. The molecule has 0 spiro atoms. The highest BCUT2D eigenvalue weighted by molar-refractivity contribution is 6.04. The van der Waals surface area contributed by atoms with Crippen LogP contribution < -0.4 is 5.32 Å². The van der Waals surface area contributed by atoms with Gasteiger partial charge in [0.15, 0.2) is 0 Å². The summed E-state index contributed by atoms with van der Waals surface area (Å²) in [5, 5.41) is 2.60. The second-order valence-corrected chi connectivity index (χ2v) is 5.69. The van der Waals surface area contributed by atoms with Crippen LogP contribution in [0.4, 0.5) is 18.9 Å². The van der Waals surface area contributed by atoms with Gasteiger partial charge in [-0.3, -0.25) is 9.59 Å². The van der Waals surface area contributed by atoms with Crippen LogP contribution in [-0.4, -0.2) is 30.8 Å². The molecule has 0 aromatic heterocycles. The third-order valence-corrected chi connectivity index (χ3v) is 3.54. The molecule has 0 radical (unpaired) electrons. The van der Waals surface area contributed by atoms with Crippen molar-refractivity contribution in [3.63, 3.8) is 0 Å². The smallest absolute Gasteiger partial charge is 0.349 e. The van der Waals surface area contributed by atoms with Crippen molar-refractivity contribution in [2.75, 3.05) is 19.4 Å². The standard InChI is InChI=1S/C18H17F3N2O2/c1-23(2)16(24)11-12-3-9-15(10-4-12)22-17(25)13-5-7-14(8-6-13)18(19,20)21/h3-10H,11H2,1-2H3,(H,22,25). The van der Waals surface area contributed by atoms with E-state index < -0.39 is 17.6 Å². The molecule has 4 nitrogen and oxygen atoms in total. The Morgan fingerprint density at radius 3 is 2.00 bits per heavy atom. The molecule has 2 rings (SSSR count). The number of carbonyl (C=O) groups excluding carboxylic acids is 2. The fraction of sp³-hybridized carbons (Fsp3) is 0.222. The number of hydrogen-bond donors (Lipinski definition) is 1. The van der Waals surface area contributed by atoms with Crippen molar-refractivity contribution in [3.05, 3.63) is 65.2 Å². The molecule has 0 heterocycles. The van der Waals surface area contributed by atoms with Gasteiger partial charge in [-0.25, -0.2) is 0 Å². The predicted octanol–water partition coefficient (Wildman–Crippen LogP) is 3.59. The number of carbonyl (C=O) groups is 2. The van der Waals surface area contributed by atoms with Gasteiger partial charge in [0.05, 0.1) is 12.0 Å². The van der Waals surface area contributed by atoms with E-state index in [0.29, 0.717) is 5.69 Å². The summed E-state index contributed by atoms with van der Waals surface area (Å²) in [6, 6.07) is 10.7. The molecule has 0 aliphatic carbocycles. The van der Waals surface area contributed by atoms with Gasteiger partial charge in [-0.2, -0.15) is 13.2 Å². The quantitative estimate of drug-likeness (QED) is 0.916. The third kappa shape index (κ3) is 5.07. The summed E-state index contributed by atoms with van der Waals surface area (Å²) in [6.07, 6.45) is -4.19. The van der Waals surface area contributed by atoms with E-state index in [2.05, 4.69) is 5.32 Å². The SMILES string of the molecule is CN(C)C(=O)Cc1ccc(NC(=O)c2ccc(C(F)(F)F)cc2)cc1. The van der Waals surface area contributed by atoms with Crippen LogP contribution in [-0.2, 0) is 17.4 Å². The van der Waals surface area contributed by atoms with Crippen LogP contribution in [0.1, 0.15) is 21.5 Å². The Balaban J connectivity index is 2.02. The number of alkyl halides is 3. The molecule has 0 saturated heterocycles. The highest BCUT2D eigenvalue weighted by atomic mass is 19.4. The van der Waals surface area contributed by atoms with Gasteiger partial charge in [-0.05, 0) is 42.0 Å². The van der Waals surface area contributed by atoms with Gasteiger partial charge in [0.2, 0.25) is 5.91 Å². The lowest BCUT2D eigenvalue weighted by molar-refractivity contribution is -0.137. The fourth-order valence-electron chi connectivity index (χ4n) is 2.05. The van der Waals surface area contributed by atoms with Gasteiger partial charge in [0.1, 0.15) is 0 Å². The molecule has 25 heavy (non-hydrogen) atoms. The van der Waals surface area contributed by atoms with E-state index in [-0.39, 0.29) is 17.9 Å². The van der Waals surface area contributed by atoms with E-state index in [1.807, 2.05) is 0 Å². The zero-order valence-electron chi connectivity index (χ0n) is 13.7. The van der Waals surface area contributed by atoms with E-state index >= 15 is 0 Å². The van der Waals surface area contributed by atoms with Crippen molar-refractivity contribution in [2.45, 2.75) is 12.6 Å². The van der Waals surface area contributed by atoms with E-state index in [1.54, 1.807) is 38.4 Å². The van der Waals surface area contributed by atoms with Gasteiger partial charge < -0.3 is 10.2 Å². The zero-order valence-corrected chi connectivity index (χ0v) is 13.7. The van der Waals surface area contributed by atoms with Crippen LogP contribution in [0, 0.1) is 0 Å². The number of hydrogen-bond acceptors (Lipinski definition) is 2. The largest absolute Gasteiger partial charge is 0.416 e. The molecule has 132 valence electrons. The number of benzene rings is 2. The van der Waals surface area contributed by atoms with Gasteiger partial charge in [-0.15, -0.1) is 0 Å². The lowest BCUT2D eigenvalue weighted by Gasteiger charge is -2.11. The molecule has 1 N–H and O–H groups in total. The van der Waals surface area contributed by atoms with Crippen LogP contribution in [0.25, 0.3) is 0 Å². The van der Waals surface area contributed by atoms with Crippen molar-refractivity contribution in [3.8, 4) is 0 Å². The minimum Gasteiger partial charge on any atom is -0.349 e. The molecule has 0 atom stereocenters. The van der Waals surface area contributed by atoms with E-state index in [0.717, 1.165) is 29.8 Å². The molecule has 2 aromatic rings. The molecule has 0 unspecified atom stereocenters. The van der Waals surface area contributed by atoms with Gasteiger partial charge in [0, 0.05) is 25.3 Å². The van der Waals surface area contributed by atoms with Crippen LogP contribution in [0.2, 0.25) is 0 Å². The summed E-state index contributed by atoms with van der Waals surface area (Å²) in [7, 11) is 3.34. The number of nitrogens with one attached hydrogen (secondary N) is 1. The number of anilines is 1. The Bertz CT molecular complexity index is 751. The van der Waals surface area contributed by atoms with Gasteiger partial charge in [0.25, 0.3) is 5.91 Å². The summed E-state index contributed by atoms with van der Waals surface area (Å²) < 4.78 is 37.6. The molecular formula is C18H17F3N2O2. The van der Waals surface area contributed by atoms with Crippen molar-refractivity contribution in [1.29, 1.82) is 0 Å². The van der Waals surface area contributed by atoms with E-state index in [9.17, 15) is 22.8 Å². The summed E-state index contributed by atoms with van der Waals surface area (Å²) in [6.45, 7) is 0. The summed E-state index contributed by atoms with van der Waals surface area (Å²) in [5.41, 5.74) is 0.607. The molecule has 0 saturated carbocycles. The number of rotatable bonds is 4. The Morgan fingerprint density at radius 2 is 1.52 bits per heavy atom. The van der Waals surface area contributed by atoms with Gasteiger partial charge in [-0.1, -0.05) is 12.1 Å². The highest BCUT2D eigenvalue weighted by Gasteiger charge is 2.30. The van der Waals surface area contributed by atoms with Crippen LogP contribution in [0.15, 0.2) is 48.5 Å². The molecule has 2 amide bonds. The third-order valence-electron chi connectivity index (χ3n) is 3.54. The lowest BCUT2D eigenvalue weighted by Crippen LogP contribution is -2.23. The minimum absolute atomic E-state index is 0.0402. The average molecular weight is 350 g/mol. The maximum absolute atomic E-state index is 12.5. The minimum atomic E-state index is -4.44. The van der Waals surface area contributed by atoms with Crippen molar-refractivity contribution in [1.82, 2.24) is 4.90 Å². The maximum atomic E-state index is 12.5. The Kier molecular flexibility index (Phi) is 5.46. The molecule has 0 aliphatic rings. The lowest BCUT2D eigenvalue weighted by atomic mass is 10.1. The average Bonchev–Trinajstić information content (AvgIpc) is 2.55. The topological polar surface area (TPSA) is 49.4 Å². The number of nitrogens with zero attached hydrogens (tertiary/aromatic N) is 1. The first-order valence-electron chi connectivity index (χ1n) is 7.44. The summed E-state index contributed by atoms with van der Waals surface area (Å²) in [4.78, 5) is 25.2. The fourth-order valence-corrected chi connectivity index (χ4v) is 2.05. The molecular weight excluding hydrogens is 333 g/mol. The zero-order chi connectivity index (χ0) is 18.6. The molecule has 7 heteroatoms. The number of likely N-dealkylation sites (N-methyl/N-ethyl adjacent to an activating group) is 1. The molecule has 2 aromatic carbocycles. The first-order valence-corrected chi connectivity index (χ1v) is 7.44. The monoisotopic (exact) mass is 350 g/mol.